The first-order chi connectivity index (χ1) is 18.4. The number of allylic oxidation sites excluding steroid dienone is 3. The van der Waals surface area contributed by atoms with Gasteiger partial charge in [0.2, 0.25) is 16.2 Å². The van der Waals surface area contributed by atoms with Crippen LogP contribution in [0.2, 0.25) is 0 Å². The first-order valence-corrected chi connectivity index (χ1v) is 14.3. The molecule has 3 N–H and O–H groups in total. The lowest BCUT2D eigenvalue weighted by atomic mass is 9.75. The zero-order chi connectivity index (χ0) is 26.8. The maximum atomic E-state index is 14.8. The van der Waals surface area contributed by atoms with Crippen molar-refractivity contribution in [2.45, 2.75) is 42.9 Å². The van der Waals surface area contributed by atoms with Gasteiger partial charge in [-0.2, -0.15) is 5.26 Å². The van der Waals surface area contributed by atoms with Crippen LogP contribution >= 0.6 is 34.4 Å². The van der Waals surface area contributed by atoms with Gasteiger partial charge in [0.15, 0.2) is 10.1 Å². The highest BCUT2D eigenvalue weighted by Crippen LogP contribution is 2.47. The van der Waals surface area contributed by atoms with E-state index in [1.54, 1.807) is 23.1 Å². The van der Waals surface area contributed by atoms with E-state index in [9.17, 15) is 19.2 Å². The number of Topliss-reactive ketones (excluding diaryl/α,β-unsaturated/α-hetero) is 1. The lowest BCUT2D eigenvalue weighted by Crippen LogP contribution is -2.38. The first kappa shape index (κ1) is 26.0. The Morgan fingerprint density at radius 1 is 1.26 bits per heavy atom. The molecular weight excluding hydrogens is 548 g/mol. The Bertz CT molecular complexity index is 1520. The number of benzene rings is 1. The Morgan fingerprint density at radius 3 is 2.82 bits per heavy atom. The Morgan fingerprint density at radius 2 is 2.08 bits per heavy atom. The number of anilines is 2. The van der Waals surface area contributed by atoms with Gasteiger partial charge >= 0.3 is 0 Å². The second kappa shape index (κ2) is 11.0. The Hall–Kier alpha value is -3.67. The van der Waals surface area contributed by atoms with Gasteiger partial charge in [0.1, 0.15) is 16.6 Å². The molecule has 1 aromatic carbocycles. The molecule has 0 saturated carbocycles. The molecule has 10 nitrogen and oxygen atoms in total. The second-order valence-corrected chi connectivity index (χ2v) is 11.6. The average Bonchev–Trinajstić information content (AvgIpc) is 3.57. The number of halogens is 1. The lowest BCUT2D eigenvalue weighted by Gasteiger charge is -2.38. The number of aryl methyl sites for hydroxylation is 1. The van der Waals surface area contributed by atoms with Gasteiger partial charge in [-0.1, -0.05) is 59.6 Å². The van der Waals surface area contributed by atoms with Crippen LogP contribution in [0.1, 0.15) is 42.7 Å². The molecule has 3 heterocycles. The number of nitrogens with zero attached hydrogens (tertiary/aromatic N) is 6. The van der Waals surface area contributed by atoms with Gasteiger partial charge in [0.25, 0.3) is 0 Å². The minimum absolute atomic E-state index is 0.0756. The monoisotopic (exact) mass is 568 g/mol. The summed E-state index contributed by atoms with van der Waals surface area (Å²) in [5.41, 5.74) is 7.77. The summed E-state index contributed by atoms with van der Waals surface area (Å²) in [6.07, 6.45) is 2.15. The maximum Gasteiger partial charge on any atom is 0.236 e. The molecule has 1 aliphatic heterocycles. The van der Waals surface area contributed by atoms with Crippen molar-refractivity contribution >= 4 is 56.4 Å². The molecule has 0 radical (unpaired) electrons. The predicted molar refractivity (Wildman–Crippen MR) is 143 cm³/mol. The number of ketones is 1. The third-order valence-corrected chi connectivity index (χ3v) is 9.08. The molecule has 0 bridgehead atoms. The number of carbonyl (C=O) groups is 2. The van der Waals surface area contributed by atoms with Crippen LogP contribution in [-0.4, -0.2) is 37.8 Å². The normalized spacial score (nSPS) is 17.4. The summed E-state index contributed by atoms with van der Waals surface area (Å²) in [5, 5.41) is 30.7. The molecule has 2 aliphatic rings. The van der Waals surface area contributed by atoms with Crippen molar-refractivity contribution in [1.82, 2.24) is 20.4 Å². The maximum absolute atomic E-state index is 14.8. The van der Waals surface area contributed by atoms with Crippen LogP contribution in [0.15, 0.2) is 51.3 Å². The number of nitrogens with two attached hydrogens (primary N) is 1. The standard InChI is InChI=1S/C24H21FN8O2S3/c1-2-18-29-30-22(37-18)28-17(35)11-36-24-32-31-23(38-24)33-15-8-5-9-16(34)20(15)19(13(10-26)21(33)27)12-6-3-4-7-14(12)25/h3-4,6-7,19H,2,5,8-9,11,27H2,1H3,(H,28,30,35). The Labute approximate surface area is 229 Å². The quantitative estimate of drug-likeness (QED) is 0.398. The van der Waals surface area contributed by atoms with Crippen molar-refractivity contribution in [1.29, 1.82) is 5.26 Å². The SMILES string of the molecule is CCc1nnc(NC(=O)CSc2nnc(N3C(N)=C(C#N)C(c4ccccc4F)C4=C3CCCC4=O)s2)s1. The molecule has 1 aliphatic carbocycles. The zero-order valence-electron chi connectivity index (χ0n) is 20.1. The Kier molecular flexibility index (Phi) is 7.50. The van der Waals surface area contributed by atoms with E-state index in [-0.39, 0.29) is 34.4 Å². The van der Waals surface area contributed by atoms with Gasteiger partial charge in [-0.3, -0.25) is 19.8 Å². The van der Waals surface area contributed by atoms with E-state index in [2.05, 4.69) is 31.8 Å². The molecule has 0 saturated heterocycles. The van der Waals surface area contributed by atoms with Crippen molar-refractivity contribution in [2.24, 2.45) is 5.73 Å². The molecule has 1 atom stereocenters. The minimum Gasteiger partial charge on any atom is -0.384 e. The molecule has 0 spiro atoms. The number of amides is 1. The number of nitrogens with one attached hydrogen (secondary N) is 1. The van der Waals surface area contributed by atoms with Gasteiger partial charge in [-0.15, -0.1) is 20.4 Å². The molecular formula is C24H21FN8O2S3. The summed E-state index contributed by atoms with van der Waals surface area (Å²) < 4.78 is 15.4. The second-order valence-electron chi connectivity index (χ2n) is 8.38. The topological polar surface area (TPSA) is 151 Å². The van der Waals surface area contributed by atoms with Crippen LogP contribution in [0.25, 0.3) is 0 Å². The predicted octanol–water partition coefficient (Wildman–Crippen LogP) is 4.13. The fraction of sp³-hybridized carbons (Fsp3) is 0.292. The highest BCUT2D eigenvalue weighted by Gasteiger charge is 2.42. The van der Waals surface area contributed by atoms with E-state index in [0.29, 0.717) is 45.1 Å². The van der Waals surface area contributed by atoms with Crippen molar-refractivity contribution in [2.75, 3.05) is 16.0 Å². The molecule has 1 unspecified atom stereocenters. The van der Waals surface area contributed by atoms with E-state index in [0.717, 1.165) is 11.4 Å². The number of carbonyl (C=O) groups excluding carboxylic acids is 2. The summed E-state index contributed by atoms with van der Waals surface area (Å²) in [4.78, 5) is 27.1. The van der Waals surface area contributed by atoms with Gasteiger partial charge in [0.05, 0.1) is 23.3 Å². The number of hydrogen-bond donors (Lipinski definition) is 2. The van der Waals surface area contributed by atoms with E-state index < -0.39 is 11.7 Å². The Balaban J connectivity index is 1.42. The fourth-order valence-corrected chi connectivity index (χ4v) is 6.78. The fourth-order valence-electron chi connectivity index (χ4n) is 4.41. The van der Waals surface area contributed by atoms with Crippen molar-refractivity contribution in [3.05, 3.63) is 63.3 Å². The van der Waals surface area contributed by atoms with Crippen molar-refractivity contribution in [3.8, 4) is 6.07 Å². The minimum atomic E-state index is -0.890. The lowest BCUT2D eigenvalue weighted by molar-refractivity contribution is -0.116. The van der Waals surface area contributed by atoms with Crippen LogP contribution in [0.3, 0.4) is 0 Å². The van der Waals surface area contributed by atoms with E-state index >= 15 is 0 Å². The van der Waals surface area contributed by atoms with Crippen LogP contribution in [0.5, 0.6) is 0 Å². The van der Waals surface area contributed by atoms with E-state index in [1.165, 1.54) is 40.5 Å². The van der Waals surface area contributed by atoms with Crippen molar-refractivity contribution < 1.29 is 14.0 Å². The molecule has 3 aromatic rings. The van der Waals surface area contributed by atoms with Crippen LogP contribution < -0.4 is 16.0 Å². The molecule has 38 heavy (non-hydrogen) atoms. The molecule has 194 valence electrons. The summed E-state index contributed by atoms with van der Waals surface area (Å²) in [7, 11) is 0. The summed E-state index contributed by atoms with van der Waals surface area (Å²) in [6.45, 7) is 1.96. The molecule has 14 heteroatoms. The number of aromatic nitrogens is 4. The summed E-state index contributed by atoms with van der Waals surface area (Å²) in [6, 6.07) is 8.21. The first-order valence-electron chi connectivity index (χ1n) is 11.7. The summed E-state index contributed by atoms with van der Waals surface area (Å²) in [5.74, 6) is -1.65. The average molecular weight is 569 g/mol. The van der Waals surface area contributed by atoms with Crippen LogP contribution in [0.4, 0.5) is 14.7 Å². The van der Waals surface area contributed by atoms with Crippen LogP contribution in [0, 0.1) is 17.1 Å². The smallest absolute Gasteiger partial charge is 0.236 e. The molecule has 2 aromatic heterocycles. The largest absolute Gasteiger partial charge is 0.384 e. The van der Waals surface area contributed by atoms with Gasteiger partial charge in [-0.05, 0) is 25.3 Å². The van der Waals surface area contributed by atoms with Gasteiger partial charge < -0.3 is 5.73 Å². The highest BCUT2D eigenvalue weighted by atomic mass is 32.2. The van der Waals surface area contributed by atoms with Gasteiger partial charge in [0, 0.05) is 23.3 Å². The van der Waals surface area contributed by atoms with Gasteiger partial charge in [-0.25, -0.2) is 4.39 Å². The molecule has 1 amide bonds. The highest BCUT2D eigenvalue weighted by molar-refractivity contribution is 8.01. The molecule has 0 fully saturated rings. The van der Waals surface area contributed by atoms with E-state index in [1.807, 2.05) is 6.92 Å². The van der Waals surface area contributed by atoms with Crippen LogP contribution in [-0.2, 0) is 16.0 Å². The third kappa shape index (κ3) is 4.92. The number of rotatable bonds is 7. The summed E-state index contributed by atoms with van der Waals surface area (Å²) >= 11 is 3.70. The third-order valence-electron chi connectivity index (χ3n) is 6.06. The number of hydrogen-bond acceptors (Lipinski definition) is 12. The number of thioether (sulfide) groups is 1. The van der Waals surface area contributed by atoms with E-state index in [4.69, 9.17) is 5.73 Å². The number of nitriles is 1. The van der Waals surface area contributed by atoms with Crippen molar-refractivity contribution in [3.63, 3.8) is 0 Å². The zero-order valence-corrected chi connectivity index (χ0v) is 22.6. The molecule has 5 rings (SSSR count).